The average molecular weight is 599 g/mol. The molecule has 2 aromatic rings. The number of ether oxygens (including phenoxy) is 2. The first kappa shape index (κ1) is 25.9. The molecule has 5 nitrogen and oxygen atoms in total. The van der Waals surface area contributed by atoms with Crippen LogP contribution in [0.1, 0.15) is 45.7 Å². The fourth-order valence-corrected chi connectivity index (χ4v) is 5.35. The van der Waals surface area contributed by atoms with Gasteiger partial charge in [-0.25, -0.2) is 0 Å². The zero-order chi connectivity index (χ0) is 24.1. The Bertz CT molecular complexity index is 1070. The Morgan fingerprint density at radius 2 is 1.85 bits per heavy atom. The number of hydrogen-bond acceptors (Lipinski definition) is 5. The highest BCUT2D eigenvalue weighted by Crippen LogP contribution is 2.38. The quantitative estimate of drug-likeness (QED) is 0.242. The first-order valence-corrected chi connectivity index (χ1v) is 13.1. The number of carbonyl (C=O) groups is 1. The van der Waals surface area contributed by atoms with E-state index in [0.29, 0.717) is 34.6 Å². The summed E-state index contributed by atoms with van der Waals surface area (Å²) in [6.45, 7) is 10.9. The fraction of sp³-hybridized carbons (Fsp3) is 0.360. The molecule has 1 fully saturated rings. The number of nitrogens with zero attached hydrogens (tertiary/aromatic N) is 2. The van der Waals surface area contributed by atoms with E-state index in [1.54, 1.807) is 4.90 Å². The number of amidine groups is 1. The fourth-order valence-electron chi connectivity index (χ4n) is 3.21. The maximum Gasteiger partial charge on any atom is 0.266 e. The second-order valence-electron chi connectivity index (χ2n) is 8.06. The lowest BCUT2D eigenvalue weighted by Gasteiger charge is -2.20. The summed E-state index contributed by atoms with van der Waals surface area (Å²) in [4.78, 5) is 20.1. The van der Waals surface area contributed by atoms with Crippen molar-refractivity contribution in [1.29, 1.82) is 0 Å². The highest BCUT2D eigenvalue weighted by molar-refractivity contribution is 14.1. The maximum atomic E-state index is 13.1. The minimum absolute atomic E-state index is 0.0227. The molecule has 1 aliphatic heterocycles. The Labute approximate surface area is 218 Å². The van der Waals surface area contributed by atoms with Gasteiger partial charge in [-0.1, -0.05) is 23.7 Å². The van der Waals surface area contributed by atoms with E-state index in [9.17, 15) is 4.79 Å². The van der Waals surface area contributed by atoms with E-state index in [2.05, 4.69) is 27.6 Å². The Morgan fingerprint density at radius 1 is 1.15 bits per heavy atom. The van der Waals surface area contributed by atoms with Gasteiger partial charge in [0.05, 0.1) is 15.1 Å². The molecule has 0 aliphatic carbocycles. The zero-order valence-corrected chi connectivity index (χ0v) is 23.1. The van der Waals surface area contributed by atoms with Crippen LogP contribution in [0.3, 0.4) is 0 Å². The molecule has 0 atom stereocenters. The van der Waals surface area contributed by atoms with Gasteiger partial charge in [-0.2, -0.15) is 0 Å². The summed E-state index contributed by atoms with van der Waals surface area (Å²) in [6.07, 6.45) is 1.90. The second kappa shape index (κ2) is 11.6. The third-order valence-corrected chi connectivity index (χ3v) is 6.70. The molecule has 1 amide bonds. The smallest absolute Gasteiger partial charge is 0.266 e. The van der Waals surface area contributed by atoms with E-state index >= 15 is 0 Å². The molecule has 0 bridgehead atoms. The molecule has 1 heterocycles. The SMILES string of the molecule is CCOc1cc(/C=C2/SC(=NC(C)C)N(C(C)C)C2=O)cc(I)c1OCc1ccc(Cl)cc1. The molecule has 2 aromatic carbocycles. The van der Waals surface area contributed by atoms with Crippen molar-refractivity contribution in [3.05, 3.63) is 61.0 Å². The van der Waals surface area contributed by atoms with Gasteiger partial charge in [0.25, 0.3) is 5.91 Å². The summed E-state index contributed by atoms with van der Waals surface area (Å²) in [5.74, 6) is 1.31. The van der Waals surface area contributed by atoms with Gasteiger partial charge in [0.1, 0.15) is 6.61 Å². The number of rotatable bonds is 8. The Morgan fingerprint density at radius 3 is 2.45 bits per heavy atom. The standard InChI is InChI=1S/C25H28ClIN2O3S/c1-6-31-21-12-18(11-20(27)23(21)32-14-17-7-9-19(26)10-8-17)13-22-24(30)29(16(4)5)25(33-22)28-15(2)3/h7-13,15-16H,6,14H2,1-5H3/b22-13+,28-25?. The molecule has 1 saturated heterocycles. The van der Waals surface area contributed by atoms with Gasteiger partial charge in [-0.3, -0.25) is 14.7 Å². The number of amides is 1. The predicted octanol–water partition coefficient (Wildman–Crippen LogP) is 7.01. The molecule has 176 valence electrons. The summed E-state index contributed by atoms with van der Waals surface area (Å²) in [6, 6.07) is 11.6. The summed E-state index contributed by atoms with van der Waals surface area (Å²) in [5, 5.41) is 1.44. The van der Waals surface area contributed by atoms with Gasteiger partial charge < -0.3 is 9.47 Å². The number of benzene rings is 2. The number of hydrogen-bond donors (Lipinski definition) is 0. The van der Waals surface area contributed by atoms with Crippen molar-refractivity contribution in [3.63, 3.8) is 0 Å². The minimum Gasteiger partial charge on any atom is -0.490 e. The van der Waals surface area contributed by atoms with Gasteiger partial charge in [0.2, 0.25) is 0 Å². The van der Waals surface area contributed by atoms with E-state index in [0.717, 1.165) is 19.9 Å². The largest absolute Gasteiger partial charge is 0.490 e. The first-order chi connectivity index (χ1) is 15.7. The monoisotopic (exact) mass is 598 g/mol. The predicted molar refractivity (Wildman–Crippen MR) is 146 cm³/mol. The molecular formula is C25H28ClIN2O3S. The molecule has 0 N–H and O–H groups in total. The van der Waals surface area contributed by atoms with Crippen molar-refractivity contribution in [2.75, 3.05) is 6.61 Å². The van der Waals surface area contributed by atoms with Gasteiger partial charge in [-0.05, 0) is 110 Å². The van der Waals surface area contributed by atoms with Crippen LogP contribution in [-0.4, -0.2) is 34.7 Å². The minimum atomic E-state index is -0.0227. The van der Waals surface area contributed by atoms with Crippen LogP contribution in [0.25, 0.3) is 6.08 Å². The lowest BCUT2D eigenvalue weighted by molar-refractivity contribution is -0.123. The highest BCUT2D eigenvalue weighted by atomic mass is 127. The van der Waals surface area contributed by atoms with Gasteiger partial charge >= 0.3 is 0 Å². The molecule has 33 heavy (non-hydrogen) atoms. The van der Waals surface area contributed by atoms with Crippen LogP contribution in [0.2, 0.25) is 5.02 Å². The zero-order valence-electron chi connectivity index (χ0n) is 19.4. The molecule has 8 heteroatoms. The topological polar surface area (TPSA) is 51.1 Å². The van der Waals surface area contributed by atoms with Crippen molar-refractivity contribution in [2.45, 2.75) is 53.3 Å². The summed E-state index contributed by atoms with van der Waals surface area (Å²) in [7, 11) is 0. The molecule has 0 unspecified atom stereocenters. The van der Waals surface area contributed by atoms with Crippen LogP contribution in [-0.2, 0) is 11.4 Å². The van der Waals surface area contributed by atoms with Gasteiger partial charge in [0, 0.05) is 17.1 Å². The Balaban J connectivity index is 1.90. The maximum absolute atomic E-state index is 13.1. The summed E-state index contributed by atoms with van der Waals surface area (Å²) >= 11 is 9.64. The van der Waals surface area contributed by atoms with E-state index < -0.39 is 0 Å². The van der Waals surface area contributed by atoms with Crippen molar-refractivity contribution < 1.29 is 14.3 Å². The van der Waals surface area contributed by atoms with Crippen LogP contribution in [0.15, 0.2) is 46.3 Å². The lowest BCUT2D eigenvalue weighted by Crippen LogP contribution is -2.35. The molecule has 0 radical (unpaired) electrons. The molecule has 0 saturated carbocycles. The van der Waals surface area contributed by atoms with E-state index in [-0.39, 0.29) is 18.0 Å². The molecule has 3 rings (SSSR count). The second-order valence-corrected chi connectivity index (χ2v) is 10.7. The van der Waals surface area contributed by atoms with Crippen molar-refractivity contribution >= 4 is 63.1 Å². The van der Waals surface area contributed by atoms with Crippen LogP contribution in [0.5, 0.6) is 11.5 Å². The van der Waals surface area contributed by atoms with Crippen molar-refractivity contribution in [2.24, 2.45) is 4.99 Å². The number of aliphatic imine (C=N–C) groups is 1. The molecule has 0 spiro atoms. The van der Waals surface area contributed by atoms with E-state index in [4.69, 9.17) is 21.1 Å². The van der Waals surface area contributed by atoms with Crippen molar-refractivity contribution in [1.82, 2.24) is 4.90 Å². The van der Waals surface area contributed by atoms with E-state index in [1.807, 2.05) is 77.1 Å². The molecule has 0 aromatic heterocycles. The van der Waals surface area contributed by atoms with Crippen LogP contribution >= 0.6 is 46.0 Å². The van der Waals surface area contributed by atoms with Gasteiger partial charge in [0.15, 0.2) is 16.7 Å². The third-order valence-electron chi connectivity index (χ3n) is 4.65. The summed E-state index contributed by atoms with van der Waals surface area (Å²) < 4.78 is 12.9. The lowest BCUT2D eigenvalue weighted by atomic mass is 10.1. The normalized spacial score (nSPS) is 16.5. The number of carbonyl (C=O) groups excluding carboxylic acids is 1. The molecular weight excluding hydrogens is 571 g/mol. The Kier molecular flexibility index (Phi) is 9.12. The van der Waals surface area contributed by atoms with E-state index in [1.165, 1.54) is 11.8 Å². The Hall–Kier alpha value is -1.71. The summed E-state index contributed by atoms with van der Waals surface area (Å²) in [5.41, 5.74) is 1.90. The average Bonchev–Trinajstić information content (AvgIpc) is 3.03. The first-order valence-electron chi connectivity index (χ1n) is 10.8. The van der Waals surface area contributed by atoms with Crippen LogP contribution in [0, 0.1) is 3.57 Å². The number of halogens is 2. The highest BCUT2D eigenvalue weighted by Gasteiger charge is 2.35. The van der Waals surface area contributed by atoms with Gasteiger partial charge in [-0.15, -0.1) is 0 Å². The van der Waals surface area contributed by atoms with Crippen molar-refractivity contribution in [3.8, 4) is 11.5 Å². The van der Waals surface area contributed by atoms with Crippen LogP contribution in [0.4, 0.5) is 0 Å². The number of thioether (sulfide) groups is 1. The molecule has 1 aliphatic rings. The third kappa shape index (κ3) is 6.67. The van der Waals surface area contributed by atoms with Crippen LogP contribution < -0.4 is 9.47 Å².